The number of fused-ring (bicyclic) bond motifs is 2. The van der Waals surface area contributed by atoms with Gasteiger partial charge < -0.3 is 5.32 Å². The Morgan fingerprint density at radius 2 is 2.12 bits per heavy atom. The van der Waals surface area contributed by atoms with Gasteiger partial charge in [0.1, 0.15) is 0 Å². The molecule has 2 bridgehead atoms. The molecule has 0 radical (unpaired) electrons. The first kappa shape index (κ1) is 10.1. The van der Waals surface area contributed by atoms with Crippen LogP contribution < -0.4 is 5.32 Å². The van der Waals surface area contributed by atoms with Gasteiger partial charge in [-0.2, -0.15) is 0 Å². The summed E-state index contributed by atoms with van der Waals surface area (Å²) in [6, 6.07) is 10.1. The van der Waals surface area contributed by atoms with Gasteiger partial charge in [0.2, 0.25) is 0 Å². The van der Waals surface area contributed by atoms with Crippen molar-refractivity contribution in [3.8, 4) is 0 Å². The van der Waals surface area contributed by atoms with Crippen molar-refractivity contribution in [2.24, 2.45) is 5.92 Å². The molecule has 4 atom stereocenters. The Balaban J connectivity index is 2.05. The maximum Gasteiger partial charge on any atom is 0.0328 e. The molecule has 0 saturated carbocycles. The van der Waals surface area contributed by atoms with E-state index in [9.17, 15) is 0 Å². The van der Waals surface area contributed by atoms with Crippen molar-refractivity contribution < 1.29 is 0 Å². The van der Waals surface area contributed by atoms with Gasteiger partial charge in [0.25, 0.3) is 0 Å². The molecule has 0 unspecified atom stereocenters. The monoisotopic (exact) mass is 213 g/mol. The smallest absolute Gasteiger partial charge is 0.0328 e. The number of piperidine rings is 1. The van der Waals surface area contributed by atoms with E-state index in [2.05, 4.69) is 43.1 Å². The highest BCUT2D eigenvalue weighted by Crippen LogP contribution is 2.48. The van der Waals surface area contributed by atoms with E-state index in [0.29, 0.717) is 18.0 Å². The van der Waals surface area contributed by atoms with Crippen LogP contribution in [0.1, 0.15) is 42.9 Å². The zero-order valence-electron chi connectivity index (χ0n) is 9.82. The second kappa shape index (κ2) is 3.74. The molecular weight excluding hydrogens is 194 g/mol. The number of benzene rings is 1. The third-order valence-corrected chi connectivity index (χ3v) is 4.22. The fourth-order valence-electron chi connectivity index (χ4n) is 3.61. The number of nitrogens with one attached hydrogen (secondary N) is 1. The Hall–Kier alpha value is -1.08. The van der Waals surface area contributed by atoms with E-state index in [-0.39, 0.29) is 0 Å². The third-order valence-electron chi connectivity index (χ3n) is 4.22. The summed E-state index contributed by atoms with van der Waals surface area (Å²) >= 11 is 0. The molecule has 4 rings (SSSR count). The lowest BCUT2D eigenvalue weighted by molar-refractivity contribution is 0.191. The van der Waals surface area contributed by atoms with Gasteiger partial charge in [-0.15, -0.1) is 6.58 Å². The van der Waals surface area contributed by atoms with Crippen LogP contribution in [0.4, 0.5) is 0 Å². The molecular formula is C15H19N. The summed E-state index contributed by atoms with van der Waals surface area (Å²) in [5, 5.41) is 3.77. The zero-order valence-corrected chi connectivity index (χ0v) is 9.82. The predicted molar refractivity (Wildman–Crippen MR) is 67.4 cm³/mol. The molecule has 1 aromatic carbocycles. The van der Waals surface area contributed by atoms with Gasteiger partial charge in [0.15, 0.2) is 0 Å². The second-order valence-corrected chi connectivity index (χ2v) is 5.22. The Morgan fingerprint density at radius 1 is 1.38 bits per heavy atom. The van der Waals surface area contributed by atoms with Crippen molar-refractivity contribution in [2.45, 2.75) is 37.8 Å². The first-order valence-corrected chi connectivity index (χ1v) is 6.27. The Kier molecular flexibility index (Phi) is 2.36. The molecule has 1 heteroatoms. The maximum absolute atomic E-state index is 3.88. The molecule has 1 aliphatic carbocycles. The normalized spacial score (nSPS) is 35.8. The van der Waals surface area contributed by atoms with Crippen LogP contribution in [0.2, 0.25) is 0 Å². The number of hydrogen-bond donors (Lipinski definition) is 1. The molecule has 1 N–H and O–H groups in total. The highest BCUT2D eigenvalue weighted by atomic mass is 15.0. The first-order valence-electron chi connectivity index (χ1n) is 6.27. The predicted octanol–water partition coefficient (Wildman–Crippen LogP) is 3.40. The fraction of sp³-hybridized carbons (Fsp3) is 0.467. The summed E-state index contributed by atoms with van der Waals surface area (Å²) in [5.41, 5.74) is 3.11. The first-order chi connectivity index (χ1) is 7.81. The van der Waals surface area contributed by atoms with Crippen LogP contribution in [0.15, 0.2) is 36.9 Å². The minimum atomic E-state index is 0.571. The van der Waals surface area contributed by atoms with Crippen LogP contribution >= 0.6 is 0 Å². The van der Waals surface area contributed by atoms with Gasteiger partial charge in [-0.05, 0) is 29.9 Å². The van der Waals surface area contributed by atoms with Crippen LogP contribution in [0.25, 0.3) is 0 Å². The Morgan fingerprint density at radius 3 is 2.88 bits per heavy atom. The van der Waals surface area contributed by atoms with Gasteiger partial charge in [-0.3, -0.25) is 0 Å². The molecule has 0 amide bonds. The average molecular weight is 213 g/mol. The van der Waals surface area contributed by atoms with E-state index in [1.165, 1.54) is 12.0 Å². The van der Waals surface area contributed by atoms with E-state index in [4.69, 9.17) is 0 Å². The highest BCUT2D eigenvalue weighted by Gasteiger charge is 2.42. The zero-order chi connectivity index (χ0) is 11.1. The van der Waals surface area contributed by atoms with Crippen molar-refractivity contribution in [3.05, 3.63) is 48.0 Å². The summed E-state index contributed by atoms with van der Waals surface area (Å²) in [4.78, 5) is 0. The summed E-state index contributed by atoms with van der Waals surface area (Å²) in [5.74, 6) is 1.48. The topological polar surface area (TPSA) is 12.0 Å². The lowest BCUT2D eigenvalue weighted by Gasteiger charge is -2.48. The highest BCUT2D eigenvalue weighted by molar-refractivity contribution is 5.40. The minimum Gasteiger partial charge on any atom is -0.306 e. The standard InChI is InChI=1S/C15H19N/c1-3-6-13-15-10(2)9-14(16-13)11-7-4-5-8-12(11)15/h3-5,7-8,10,13-16H,1,6,9H2,2H3/t10-,13-,14+,15-/m1/s1. The van der Waals surface area contributed by atoms with E-state index in [1.54, 1.807) is 5.56 Å². The summed E-state index contributed by atoms with van der Waals surface area (Å²) in [6.07, 6.45) is 4.42. The van der Waals surface area contributed by atoms with E-state index in [0.717, 1.165) is 12.3 Å². The van der Waals surface area contributed by atoms with Crippen molar-refractivity contribution in [3.63, 3.8) is 0 Å². The van der Waals surface area contributed by atoms with Crippen LogP contribution in [-0.2, 0) is 0 Å². The SMILES string of the molecule is C=CC[C@H]1N[C@H]2C[C@@H](C)[C@@H]1c1ccccc12. The van der Waals surface area contributed by atoms with E-state index in [1.807, 2.05) is 6.08 Å². The quantitative estimate of drug-likeness (QED) is 0.742. The van der Waals surface area contributed by atoms with Crippen LogP contribution in [-0.4, -0.2) is 6.04 Å². The molecule has 3 aliphatic rings. The summed E-state index contributed by atoms with van der Waals surface area (Å²) in [6.45, 7) is 6.27. The van der Waals surface area contributed by atoms with Gasteiger partial charge in [0.05, 0.1) is 0 Å². The molecule has 1 aromatic rings. The molecule has 2 heterocycles. The van der Waals surface area contributed by atoms with Gasteiger partial charge >= 0.3 is 0 Å². The lowest BCUT2D eigenvalue weighted by atomic mass is 9.66. The van der Waals surface area contributed by atoms with Crippen LogP contribution in [0.5, 0.6) is 0 Å². The summed E-state index contributed by atoms with van der Waals surface area (Å²) < 4.78 is 0. The van der Waals surface area contributed by atoms with E-state index < -0.39 is 0 Å². The molecule has 0 spiro atoms. The van der Waals surface area contributed by atoms with Crippen molar-refractivity contribution in [2.75, 3.05) is 0 Å². The number of hydrogen-bond acceptors (Lipinski definition) is 1. The van der Waals surface area contributed by atoms with Crippen LogP contribution in [0.3, 0.4) is 0 Å². The Bertz CT molecular complexity index is 410. The molecule has 1 nitrogen and oxygen atoms in total. The third kappa shape index (κ3) is 1.35. The largest absolute Gasteiger partial charge is 0.306 e. The average Bonchev–Trinajstić information content (AvgIpc) is 2.29. The van der Waals surface area contributed by atoms with Crippen molar-refractivity contribution >= 4 is 0 Å². The van der Waals surface area contributed by atoms with Crippen molar-refractivity contribution in [1.82, 2.24) is 5.32 Å². The molecule has 84 valence electrons. The molecule has 1 saturated heterocycles. The van der Waals surface area contributed by atoms with Gasteiger partial charge in [0, 0.05) is 18.0 Å². The fourth-order valence-corrected chi connectivity index (χ4v) is 3.61. The Labute approximate surface area is 97.6 Å². The van der Waals surface area contributed by atoms with Crippen molar-refractivity contribution in [1.29, 1.82) is 0 Å². The molecule has 0 aromatic heterocycles. The molecule has 16 heavy (non-hydrogen) atoms. The van der Waals surface area contributed by atoms with Gasteiger partial charge in [-0.1, -0.05) is 37.3 Å². The molecule has 1 fully saturated rings. The second-order valence-electron chi connectivity index (χ2n) is 5.22. The minimum absolute atomic E-state index is 0.571. The maximum atomic E-state index is 3.88. The summed E-state index contributed by atoms with van der Waals surface area (Å²) in [7, 11) is 0. The van der Waals surface area contributed by atoms with E-state index >= 15 is 0 Å². The van der Waals surface area contributed by atoms with Crippen LogP contribution in [0, 0.1) is 5.92 Å². The lowest BCUT2D eigenvalue weighted by Crippen LogP contribution is -2.50. The van der Waals surface area contributed by atoms with Gasteiger partial charge in [-0.25, -0.2) is 0 Å². The number of rotatable bonds is 2. The molecule has 2 aliphatic heterocycles.